The number of piperidine rings is 2. The third kappa shape index (κ3) is 2.45. The van der Waals surface area contributed by atoms with Gasteiger partial charge in [0.15, 0.2) is 0 Å². The highest BCUT2D eigenvalue weighted by Gasteiger charge is 2.66. The number of nitrogens with zero attached hydrogens (tertiary/aromatic N) is 1. The lowest BCUT2D eigenvalue weighted by molar-refractivity contribution is -0.140. The van der Waals surface area contributed by atoms with Crippen molar-refractivity contribution in [2.45, 2.75) is 64.1 Å². The maximum atomic E-state index is 12.4. The highest BCUT2D eigenvalue weighted by molar-refractivity contribution is 5.91. The summed E-state index contributed by atoms with van der Waals surface area (Å²) in [5, 5.41) is 12.3. The topological polar surface area (TPSA) is 69.6 Å². The zero-order chi connectivity index (χ0) is 15.4. The average Bonchev–Trinajstić information content (AvgIpc) is 2.94. The van der Waals surface area contributed by atoms with Crippen LogP contribution in [0.1, 0.15) is 46.0 Å². The van der Waals surface area contributed by atoms with Gasteiger partial charge >= 0.3 is 5.97 Å². The van der Waals surface area contributed by atoms with Crippen LogP contribution in [-0.4, -0.2) is 47.1 Å². The van der Waals surface area contributed by atoms with Crippen LogP contribution < -0.4 is 5.32 Å². The molecule has 5 heteroatoms. The summed E-state index contributed by atoms with van der Waals surface area (Å²) in [7, 11) is 2.19. The molecular formula is C16H26N2O3. The molecule has 2 unspecified atom stereocenters. The molecular weight excluding hydrogens is 268 g/mol. The number of aliphatic carboxylic acids is 1. The van der Waals surface area contributed by atoms with Gasteiger partial charge in [0.1, 0.15) is 0 Å². The zero-order valence-electron chi connectivity index (χ0n) is 13.1. The lowest BCUT2D eigenvalue weighted by atomic mass is 9.82. The number of nitrogens with one attached hydrogen (secondary N) is 1. The number of hydrogen-bond acceptors (Lipinski definition) is 3. The largest absolute Gasteiger partial charge is 0.481 e. The minimum absolute atomic E-state index is 0.0555. The van der Waals surface area contributed by atoms with Gasteiger partial charge in [0, 0.05) is 18.1 Å². The summed E-state index contributed by atoms with van der Waals surface area (Å²) in [4.78, 5) is 26.1. The molecule has 3 fully saturated rings. The van der Waals surface area contributed by atoms with Crippen molar-refractivity contribution in [3.63, 3.8) is 0 Å². The third-order valence-electron chi connectivity index (χ3n) is 6.06. The molecule has 2 bridgehead atoms. The van der Waals surface area contributed by atoms with E-state index in [1.807, 2.05) is 13.8 Å². The monoisotopic (exact) mass is 294 g/mol. The Morgan fingerprint density at radius 2 is 1.71 bits per heavy atom. The van der Waals surface area contributed by atoms with Crippen molar-refractivity contribution in [1.29, 1.82) is 0 Å². The molecule has 0 spiro atoms. The van der Waals surface area contributed by atoms with Crippen LogP contribution in [0.3, 0.4) is 0 Å². The Labute approximate surface area is 126 Å². The molecule has 3 aliphatic rings. The minimum Gasteiger partial charge on any atom is -0.481 e. The fourth-order valence-electron chi connectivity index (χ4n) is 4.61. The van der Waals surface area contributed by atoms with Gasteiger partial charge < -0.3 is 15.3 Å². The molecule has 0 aromatic rings. The first kappa shape index (κ1) is 14.8. The van der Waals surface area contributed by atoms with Crippen LogP contribution in [0.2, 0.25) is 0 Å². The van der Waals surface area contributed by atoms with E-state index in [1.54, 1.807) is 0 Å². The van der Waals surface area contributed by atoms with E-state index in [-0.39, 0.29) is 17.9 Å². The van der Waals surface area contributed by atoms with Gasteiger partial charge in [0.2, 0.25) is 5.91 Å². The second kappa shape index (κ2) is 4.97. The van der Waals surface area contributed by atoms with Crippen molar-refractivity contribution < 1.29 is 14.7 Å². The van der Waals surface area contributed by atoms with E-state index >= 15 is 0 Å². The van der Waals surface area contributed by atoms with Gasteiger partial charge in [-0.25, -0.2) is 0 Å². The first-order valence-electron chi connectivity index (χ1n) is 8.07. The van der Waals surface area contributed by atoms with Gasteiger partial charge in [0.25, 0.3) is 0 Å². The molecule has 1 aliphatic carbocycles. The summed E-state index contributed by atoms with van der Waals surface area (Å²) in [5.41, 5.74) is -0.406. The Bertz CT molecular complexity index is 448. The van der Waals surface area contributed by atoms with Crippen molar-refractivity contribution in [2.75, 3.05) is 7.05 Å². The molecule has 1 amide bonds. The highest BCUT2D eigenvalue weighted by atomic mass is 16.4. The van der Waals surface area contributed by atoms with Crippen LogP contribution in [0.25, 0.3) is 0 Å². The van der Waals surface area contributed by atoms with Crippen LogP contribution in [0.4, 0.5) is 0 Å². The fraction of sp³-hybridized carbons (Fsp3) is 0.875. The summed E-state index contributed by atoms with van der Waals surface area (Å²) in [6, 6.07) is 1.37. The summed E-state index contributed by atoms with van der Waals surface area (Å²) >= 11 is 0. The molecule has 1 saturated carbocycles. The lowest BCUT2D eigenvalue weighted by Crippen LogP contribution is -2.55. The van der Waals surface area contributed by atoms with E-state index < -0.39 is 17.3 Å². The number of carbonyl (C=O) groups is 2. The number of amides is 1. The number of hydrogen-bond donors (Lipinski definition) is 2. The maximum absolute atomic E-state index is 12.4. The van der Waals surface area contributed by atoms with E-state index in [2.05, 4.69) is 17.3 Å². The molecule has 118 valence electrons. The molecule has 0 aromatic heterocycles. The van der Waals surface area contributed by atoms with Crippen LogP contribution in [0.15, 0.2) is 0 Å². The van der Waals surface area contributed by atoms with Gasteiger partial charge in [-0.2, -0.15) is 0 Å². The van der Waals surface area contributed by atoms with Gasteiger partial charge in [-0.3, -0.25) is 9.59 Å². The Balaban J connectivity index is 1.60. The Kier molecular flexibility index (Phi) is 3.51. The van der Waals surface area contributed by atoms with Gasteiger partial charge in [0.05, 0.1) is 11.8 Å². The smallest absolute Gasteiger partial charge is 0.307 e. The average molecular weight is 294 g/mol. The molecule has 3 rings (SSSR count). The predicted octanol–water partition coefficient (Wildman–Crippen LogP) is 1.47. The second-order valence-electron chi connectivity index (χ2n) is 7.70. The van der Waals surface area contributed by atoms with E-state index in [0.29, 0.717) is 12.1 Å². The summed E-state index contributed by atoms with van der Waals surface area (Å²) < 4.78 is 0. The molecule has 5 nitrogen and oxygen atoms in total. The minimum atomic E-state index is -0.847. The van der Waals surface area contributed by atoms with Crippen molar-refractivity contribution in [2.24, 2.45) is 17.3 Å². The number of carbonyl (C=O) groups excluding carboxylic acids is 1. The van der Waals surface area contributed by atoms with Crippen molar-refractivity contribution in [1.82, 2.24) is 10.2 Å². The third-order valence-corrected chi connectivity index (χ3v) is 6.06. The van der Waals surface area contributed by atoms with Crippen LogP contribution in [0.5, 0.6) is 0 Å². The Morgan fingerprint density at radius 1 is 1.14 bits per heavy atom. The van der Waals surface area contributed by atoms with Crippen LogP contribution in [0, 0.1) is 17.3 Å². The molecule has 4 atom stereocenters. The first-order valence-corrected chi connectivity index (χ1v) is 8.07. The summed E-state index contributed by atoms with van der Waals surface area (Å²) in [5.74, 6) is -1.79. The highest BCUT2D eigenvalue weighted by Crippen LogP contribution is 2.58. The predicted molar refractivity (Wildman–Crippen MR) is 78.8 cm³/mol. The number of carboxylic acids is 1. The van der Waals surface area contributed by atoms with Crippen LogP contribution in [-0.2, 0) is 9.59 Å². The van der Waals surface area contributed by atoms with Crippen LogP contribution >= 0.6 is 0 Å². The summed E-state index contributed by atoms with van der Waals surface area (Å²) in [6.07, 6.45) is 5.72. The number of rotatable bonds is 3. The van der Waals surface area contributed by atoms with Gasteiger partial charge in [-0.05, 0) is 38.1 Å². The van der Waals surface area contributed by atoms with E-state index in [9.17, 15) is 14.7 Å². The van der Waals surface area contributed by atoms with E-state index in [4.69, 9.17) is 0 Å². The first-order chi connectivity index (χ1) is 9.82. The van der Waals surface area contributed by atoms with Crippen molar-refractivity contribution >= 4 is 11.9 Å². The summed E-state index contributed by atoms with van der Waals surface area (Å²) in [6.45, 7) is 3.75. The van der Waals surface area contributed by atoms with Crippen molar-refractivity contribution in [3.8, 4) is 0 Å². The quantitative estimate of drug-likeness (QED) is 0.827. The maximum Gasteiger partial charge on any atom is 0.307 e. The van der Waals surface area contributed by atoms with Gasteiger partial charge in [-0.15, -0.1) is 0 Å². The molecule has 21 heavy (non-hydrogen) atoms. The molecule has 2 heterocycles. The number of fused-ring (bicyclic) bond motifs is 2. The van der Waals surface area contributed by atoms with E-state index in [1.165, 1.54) is 19.3 Å². The normalized spacial score (nSPS) is 41.4. The Hall–Kier alpha value is -1.10. The molecule has 2 aliphatic heterocycles. The standard InChI is InChI=1S/C16H26N2O3/c1-16(2)12(13(16)15(20)21)14(19)17-9-7-10-5-4-6-11(8-9)18(10)3/h9-13H,4-8H2,1-3H3,(H,17,19)(H,20,21)/t9?,10?,11?,12-,13+/m1/s1. The molecule has 2 saturated heterocycles. The van der Waals surface area contributed by atoms with Gasteiger partial charge in [-0.1, -0.05) is 20.3 Å². The zero-order valence-corrected chi connectivity index (χ0v) is 13.1. The fourth-order valence-corrected chi connectivity index (χ4v) is 4.61. The van der Waals surface area contributed by atoms with E-state index in [0.717, 1.165) is 12.8 Å². The second-order valence-corrected chi connectivity index (χ2v) is 7.70. The molecule has 0 aromatic carbocycles. The lowest BCUT2D eigenvalue weighted by Gasteiger charge is -2.47. The SMILES string of the molecule is CN1C2CCCC1CC(NC(=O)[C@H]1[C@@H](C(=O)O)C1(C)C)C2. The molecule has 0 radical (unpaired) electrons. The number of carboxylic acid groups (broad SMARTS) is 1. The Morgan fingerprint density at radius 3 is 2.19 bits per heavy atom. The van der Waals surface area contributed by atoms with Crippen molar-refractivity contribution in [3.05, 3.63) is 0 Å². The molecule has 2 N–H and O–H groups in total.